The molecule has 1 aromatic heterocycles. The number of carbonyl (C=O) groups excluding carboxylic acids is 1. The number of rotatable bonds is 4. The molecule has 5 heteroatoms. The maximum atomic E-state index is 11.0. The molecule has 76 valence electrons. The molecule has 0 saturated carbocycles. The van der Waals surface area contributed by atoms with Crippen LogP contribution in [0.2, 0.25) is 0 Å². The highest BCUT2D eigenvalue weighted by atomic mass is 32.1. The Morgan fingerprint density at radius 3 is 3.00 bits per heavy atom. The number of nitrogens with one attached hydrogen (secondary N) is 2. The minimum atomic E-state index is -0.0306. The zero-order valence-corrected chi connectivity index (χ0v) is 8.65. The summed E-state index contributed by atoms with van der Waals surface area (Å²) in [4.78, 5) is 11.8. The van der Waals surface area contributed by atoms with Gasteiger partial charge in [-0.1, -0.05) is 13.5 Å². The van der Waals surface area contributed by atoms with E-state index in [1.165, 1.54) is 11.3 Å². The van der Waals surface area contributed by atoms with Gasteiger partial charge in [-0.05, 0) is 6.07 Å². The Morgan fingerprint density at radius 1 is 1.71 bits per heavy atom. The molecule has 4 nitrogen and oxygen atoms in total. The Bertz CT molecular complexity index is 346. The highest BCUT2D eigenvalue weighted by Crippen LogP contribution is 2.23. The van der Waals surface area contributed by atoms with Crippen LogP contribution in [0.15, 0.2) is 18.0 Å². The van der Waals surface area contributed by atoms with Crippen LogP contribution in [-0.4, -0.2) is 11.1 Å². The van der Waals surface area contributed by atoms with E-state index in [2.05, 4.69) is 11.9 Å². The summed E-state index contributed by atoms with van der Waals surface area (Å²) in [5.41, 5.74) is 3.12. The summed E-state index contributed by atoms with van der Waals surface area (Å²) < 4.78 is 0. The second kappa shape index (κ2) is 4.78. The van der Waals surface area contributed by atoms with Gasteiger partial charge >= 0.3 is 0 Å². The van der Waals surface area contributed by atoms with Crippen molar-refractivity contribution in [3.05, 3.63) is 22.9 Å². The topological polar surface area (TPSA) is 61.4 Å². The van der Waals surface area contributed by atoms with Crippen LogP contribution in [0.1, 0.15) is 18.2 Å². The molecule has 0 atom stereocenters. The summed E-state index contributed by atoms with van der Waals surface area (Å²) in [5, 5.41) is 13.1. The lowest BCUT2D eigenvalue weighted by atomic mass is 10.3. The molecule has 1 heterocycles. The maximum absolute atomic E-state index is 11.0. The predicted molar refractivity (Wildman–Crippen MR) is 57.2 cm³/mol. The van der Waals surface area contributed by atoms with Crippen LogP contribution in [0.4, 0.5) is 5.69 Å². The van der Waals surface area contributed by atoms with Gasteiger partial charge in [-0.15, -0.1) is 11.3 Å². The van der Waals surface area contributed by atoms with Gasteiger partial charge < -0.3 is 5.32 Å². The Hall–Kier alpha value is -1.33. The summed E-state index contributed by atoms with van der Waals surface area (Å²) in [5.74, 6) is -0.0306. The molecule has 14 heavy (non-hydrogen) atoms. The van der Waals surface area contributed by atoms with Crippen LogP contribution in [0.25, 0.3) is 5.70 Å². The van der Waals surface area contributed by atoms with Gasteiger partial charge in [0.1, 0.15) is 0 Å². The Balaban J connectivity index is 2.68. The van der Waals surface area contributed by atoms with Gasteiger partial charge in [0.25, 0.3) is 0 Å². The zero-order chi connectivity index (χ0) is 10.6. The number of hydroxylamine groups is 1. The number of hydrogen-bond donors (Lipinski definition) is 3. The van der Waals surface area contributed by atoms with Crippen LogP contribution in [0, 0.1) is 0 Å². The third kappa shape index (κ3) is 2.58. The standard InChI is InChI=1S/C9H12N2O2S/c1-3-9(12)10-7-4-8(14-5-7)6(2)11-13/h4-5,11,13H,2-3H2,1H3,(H,10,12). The van der Waals surface area contributed by atoms with Crippen molar-refractivity contribution in [2.45, 2.75) is 13.3 Å². The van der Waals surface area contributed by atoms with Crippen molar-refractivity contribution in [2.75, 3.05) is 5.32 Å². The highest BCUT2D eigenvalue weighted by molar-refractivity contribution is 7.11. The van der Waals surface area contributed by atoms with Gasteiger partial charge in [0.2, 0.25) is 5.91 Å². The molecule has 0 fully saturated rings. The first-order valence-corrected chi connectivity index (χ1v) is 5.03. The van der Waals surface area contributed by atoms with Crippen molar-refractivity contribution in [3.63, 3.8) is 0 Å². The first-order chi connectivity index (χ1) is 6.67. The van der Waals surface area contributed by atoms with Gasteiger partial charge in [0.05, 0.1) is 16.3 Å². The van der Waals surface area contributed by atoms with E-state index in [4.69, 9.17) is 5.21 Å². The van der Waals surface area contributed by atoms with Crippen molar-refractivity contribution in [2.24, 2.45) is 0 Å². The summed E-state index contributed by atoms with van der Waals surface area (Å²) in [6, 6.07) is 1.75. The molecule has 0 aliphatic rings. The molecule has 0 aliphatic carbocycles. The van der Waals surface area contributed by atoms with Crippen LogP contribution in [0.5, 0.6) is 0 Å². The second-order valence-electron chi connectivity index (χ2n) is 2.69. The molecule has 0 saturated heterocycles. The quantitative estimate of drug-likeness (QED) is 0.669. The van der Waals surface area contributed by atoms with E-state index in [-0.39, 0.29) is 5.91 Å². The molecule has 0 bridgehead atoms. The van der Waals surface area contributed by atoms with Crippen molar-refractivity contribution in [3.8, 4) is 0 Å². The molecule has 1 rings (SSSR count). The number of anilines is 1. The van der Waals surface area contributed by atoms with Gasteiger partial charge in [-0.3, -0.25) is 15.5 Å². The summed E-state index contributed by atoms with van der Waals surface area (Å²) in [6.45, 7) is 5.38. The van der Waals surface area contributed by atoms with E-state index in [0.717, 1.165) is 10.6 Å². The van der Waals surface area contributed by atoms with Crippen LogP contribution in [0.3, 0.4) is 0 Å². The van der Waals surface area contributed by atoms with E-state index in [0.29, 0.717) is 12.1 Å². The Labute approximate surface area is 86.2 Å². The minimum Gasteiger partial charge on any atom is -0.325 e. The van der Waals surface area contributed by atoms with Crippen LogP contribution in [-0.2, 0) is 4.79 Å². The Kier molecular flexibility index (Phi) is 3.67. The van der Waals surface area contributed by atoms with Gasteiger partial charge in [0, 0.05) is 11.8 Å². The molecule has 0 aromatic carbocycles. The third-order valence-electron chi connectivity index (χ3n) is 1.64. The molecule has 1 aromatic rings. The van der Waals surface area contributed by atoms with Crippen molar-refractivity contribution in [1.82, 2.24) is 5.48 Å². The molecular weight excluding hydrogens is 200 g/mol. The summed E-state index contributed by atoms with van der Waals surface area (Å²) in [6.07, 6.45) is 0.449. The highest BCUT2D eigenvalue weighted by Gasteiger charge is 2.04. The summed E-state index contributed by atoms with van der Waals surface area (Å²) >= 11 is 1.40. The lowest BCUT2D eigenvalue weighted by Gasteiger charge is -1.99. The maximum Gasteiger partial charge on any atom is 0.224 e. The Morgan fingerprint density at radius 2 is 2.43 bits per heavy atom. The van der Waals surface area contributed by atoms with Crippen LogP contribution >= 0.6 is 11.3 Å². The van der Waals surface area contributed by atoms with Gasteiger partial charge in [-0.2, -0.15) is 0 Å². The molecule has 3 N–H and O–H groups in total. The SMILES string of the molecule is C=C(NO)c1cc(NC(=O)CC)cs1. The third-order valence-corrected chi connectivity index (χ3v) is 2.63. The second-order valence-corrected chi connectivity index (χ2v) is 3.60. The van der Waals surface area contributed by atoms with E-state index in [1.807, 2.05) is 5.48 Å². The number of thiophene rings is 1. The molecular formula is C9H12N2O2S. The van der Waals surface area contributed by atoms with E-state index < -0.39 is 0 Å². The monoisotopic (exact) mass is 212 g/mol. The van der Waals surface area contributed by atoms with Crippen molar-refractivity contribution >= 4 is 28.6 Å². The first-order valence-electron chi connectivity index (χ1n) is 4.15. The smallest absolute Gasteiger partial charge is 0.224 e. The fourth-order valence-corrected chi connectivity index (χ4v) is 1.63. The van der Waals surface area contributed by atoms with Gasteiger partial charge in [-0.25, -0.2) is 0 Å². The number of amides is 1. The lowest BCUT2D eigenvalue weighted by Crippen LogP contribution is -2.08. The summed E-state index contributed by atoms with van der Waals surface area (Å²) in [7, 11) is 0. The van der Waals surface area contributed by atoms with E-state index >= 15 is 0 Å². The fraction of sp³-hybridized carbons (Fsp3) is 0.222. The van der Waals surface area contributed by atoms with Crippen LogP contribution < -0.4 is 10.8 Å². The van der Waals surface area contributed by atoms with Crippen molar-refractivity contribution < 1.29 is 10.0 Å². The van der Waals surface area contributed by atoms with E-state index in [1.54, 1.807) is 18.4 Å². The van der Waals surface area contributed by atoms with E-state index in [9.17, 15) is 4.79 Å². The zero-order valence-electron chi connectivity index (χ0n) is 7.83. The largest absolute Gasteiger partial charge is 0.325 e. The molecule has 1 amide bonds. The molecule has 0 unspecified atom stereocenters. The average molecular weight is 212 g/mol. The lowest BCUT2D eigenvalue weighted by molar-refractivity contribution is -0.115. The molecule has 0 spiro atoms. The number of hydrogen-bond acceptors (Lipinski definition) is 4. The average Bonchev–Trinajstić information content (AvgIpc) is 2.65. The predicted octanol–water partition coefficient (Wildman–Crippen LogP) is 2.05. The van der Waals surface area contributed by atoms with Crippen molar-refractivity contribution in [1.29, 1.82) is 0 Å². The first kappa shape index (κ1) is 10.7. The molecule has 0 aliphatic heterocycles. The fourth-order valence-electron chi connectivity index (χ4n) is 0.865. The minimum absolute atomic E-state index is 0.0306. The molecule has 0 radical (unpaired) electrons. The number of carbonyl (C=O) groups is 1. The normalized spacial score (nSPS) is 9.57. The van der Waals surface area contributed by atoms with Gasteiger partial charge in [0.15, 0.2) is 0 Å².